The van der Waals surface area contributed by atoms with Gasteiger partial charge in [-0.25, -0.2) is 0 Å². The van der Waals surface area contributed by atoms with E-state index in [1.807, 2.05) is 12.1 Å². The van der Waals surface area contributed by atoms with Crippen molar-refractivity contribution in [2.24, 2.45) is 5.73 Å². The molecule has 0 aromatic carbocycles. The number of carbonyl (C=O) groups is 1. The summed E-state index contributed by atoms with van der Waals surface area (Å²) in [5.41, 5.74) is 5.90. The van der Waals surface area contributed by atoms with Crippen LogP contribution in [0.2, 0.25) is 0 Å². The predicted octanol–water partition coefficient (Wildman–Crippen LogP) is 2.04. The van der Waals surface area contributed by atoms with E-state index in [1.165, 1.54) is 0 Å². The number of unbranched alkanes of at least 4 members (excludes halogenated alkanes) is 1. The summed E-state index contributed by atoms with van der Waals surface area (Å²) in [5, 5.41) is 8.66. The van der Waals surface area contributed by atoms with Crippen molar-refractivity contribution in [3.8, 4) is 6.07 Å². The summed E-state index contributed by atoms with van der Waals surface area (Å²) in [6.45, 7) is 2.82. The minimum atomic E-state index is -0.492. The fourth-order valence-electron chi connectivity index (χ4n) is 1.82. The molecule has 0 spiro atoms. The number of hydrogen-bond donors (Lipinski definition) is 1. The van der Waals surface area contributed by atoms with Crippen LogP contribution in [0.15, 0.2) is 22.8 Å². The third kappa shape index (κ3) is 5.14. The summed E-state index contributed by atoms with van der Waals surface area (Å²) < 4.78 is 5.24. The van der Waals surface area contributed by atoms with Gasteiger partial charge in [0.25, 0.3) is 0 Å². The van der Waals surface area contributed by atoms with Gasteiger partial charge in [0.05, 0.1) is 31.3 Å². The summed E-state index contributed by atoms with van der Waals surface area (Å²) in [6.07, 6.45) is 4.49. The average Bonchev–Trinajstić information content (AvgIpc) is 2.92. The first-order chi connectivity index (χ1) is 9.19. The fraction of sp³-hybridized carbons (Fsp3) is 0.571. The molecule has 19 heavy (non-hydrogen) atoms. The van der Waals surface area contributed by atoms with Crippen molar-refractivity contribution in [2.75, 3.05) is 6.54 Å². The molecule has 0 aliphatic heterocycles. The molecule has 1 atom stereocenters. The highest BCUT2D eigenvalue weighted by Crippen LogP contribution is 2.09. The molecule has 1 amide bonds. The third-order valence-corrected chi connectivity index (χ3v) is 2.92. The summed E-state index contributed by atoms with van der Waals surface area (Å²) in [6, 6.07) is 5.14. The first-order valence-electron chi connectivity index (χ1n) is 6.62. The molecule has 1 aromatic rings. The third-order valence-electron chi connectivity index (χ3n) is 2.92. The van der Waals surface area contributed by atoms with Crippen molar-refractivity contribution in [3.05, 3.63) is 24.2 Å². The monoisotopic (exact) mass is 263 g/mol. The van der Waals surface area contributed by atoms with Crippen molar-refractivity contribution in [2.45, 2.75) is 45.2 Å². The average molecular weight is 263 g/mol. The van der Waals surface area contributed by atoms with Crippen LogP contribution >= 0.6 is 0 Å². The SMILES string of the molecule is CCCC[C@H](N)C(=O)N(CCC#N)Cc1ccco1. The molecule has 5 heteroatoms. The van der Waals surface area contributed by atoms with Crippen LogP contribution in [0.3, 0.4) is 0 Å². The zero-order valence-electron chi connectivity index (χ0n) is 11.3. The standard InChI is InChI=1S/C14H21N3O2/c1-2-3-7-13(16)14(18)17(9-5-8-15)11-12-6-4-10-19-12/h4,6,10,13H,2-3,5,7,9,11,16H2,1H3/t13-/m0/s1. The molecule has 1 rings (SSSR count). The molecule has 0 radical (unpaired) electrons. The number of amides is 1. The lowest BCUT2D eigenvalue weighted by atomic mass is 10.1. The lowest BCUT2D eigenvalue weighted by molar-refractivity contribution is -0.133. The Balaban J connectivity index is 2.61. The molecular weight excluding hydrogens is 242 g/mol. The van der Waals surface area contributed by atoms with Crippen molar-refractivity contribution in [3.63, 3.8) is 0 Å². The van der Waals surface area contributed by atoms with Gasteiger partial charge < -0.3 is 15.1 Å². The molecule has 1 heterocycles. The van der Waals surface area contributed by atoms with Gasteiger partial charge in [0.2, 0.25) is 5.91 Å². The maximum Gasteiger partial charge on any atom is 0.239 e. The highest BCUT2D eigenvalue weighted by molar-refractivity contribution is 5.81. The maximum absolute atomic E-state index is 12.2. The first-order valence-corrected chi connectivity index (χ1v) is 6.62. The Morgan fingerprint density at radius 2 is 2.42 bits per heavy atom. The van der Waals surface area contributed by atoms with Gasteiger partial charge in [0.1, 0.15) is 5.76 Å². The summed E-state index contributed by atoms with van der Waals surface area (Å²) >= 11 is 0. The Bertz CT molecular complexity index is 409. The van der Waals surface area contributed by atoms with E-state index in [4.69, 9.17) is 15.4 Å². The second-order valence-corrected chi connectivity index (χ2v) is 4.50. The molecule has 0 fully saturated rings. The lowest BCUT2D eigenvalue weighted by Gasteiger charge is -2.24. The Kier molecular flexibility index (Phi) is 6.69. The topological polar surface area (TPSA) is 83.3 Å². The molecule has 1 aromatic heterocycles. The van der Waals surface area contributed by atoms with Crippen LogP contribution in [-0.2, 0) is 11.3 Å². The van der Waals surface area contributed by atoms with Gasteiger partial charge in [0.15, 0.2) is 0 Å². The van der Waals surface area contributed by atoms with Gasteiger partial charge in [-0.2, -0.15) is 5.26 Å². The van der Waals surface area contributed by atoms with Crippen molar-refractivity contribution < 1.29 is 9.21 Å². The van der Waals surface area contributed by atoms with E-state index in [-0.39, 0.29) is 5.91 Å². The first kappa shape index (κ1) is 15.3. The van der Waals surface area contributed by atoms with E-state index in [2.05, 4.69) is 6.92 Å². The predicted molar refractivity (Wildman–Crippen MR) is 71.9 cm³/mol. The van der Waals surface area contributed by atoms with Crippen LogP contribution in [0.1, 0.15) is 38.4 Å². The van der Waals surface area contributed by atoms with Crippen molar-refractivity contribution >= 4 is 5.91 Å². The van der Waals surface area contributed by atoms with Gasteiger partial charge >= 0.3 is 0 Å². The number of nitriles is 1. The Morgan fingerprint density at radius 3 is 3.00 bits per heavy atom. The smallest absolute Gasteiger partial charge is 0.239 e. The molecule has 0 unspecified atom stereocenters. The van der Waals surface area contributed by atoms with Gasteiger partial charge in [-0.1, -0.05) is 19.8 Å². The number of nitrogens with two attached hydrogens (primary N) is 1. The minimum Gasteiger partial charge on any atom is -0.467 e. The molecule has 0 saturated heterocycles. The molecule has 0 aliphatic carbocycles. The zero-order chi connectivity index (χ0) is 14.1. The van der Waals surface area contributed by atoms with Crippen LogP contribution in [0, 0.1) is 11.3 Å². The number of nitrogens with zero attached hydrogens (tertiary/aromatic N) is 2. The quantitative estimate of drug-likeness (QED) is 0.778. The number of hydrogen-bond acceptors (Lipinski definition) is 4. The lowest BCUT2D eigenvalue weighted by Crippen LogP contribution is -2.43. The van der Waals surface area contributed by atoms with Crippen molar-refractivity contribution in [1.29, 1.82) is 5.26 Å². The largest absolute Gasteiger partial charge is 0.467 e. The van der Waals surface area contributed by atoms with Crippen LogP contribution in [0.25, 0.3) is 0 Å². The molecule has 2 N–H and O–H groups in total. The number of rotatable bonds is 8. The normalized spacial score (nSPS) is 11.8. The van der Waals surface area contributed by atoms with Crippen molar-refractivity contribution in [1.82, 2.24) is 4.90 Å². The van der Waals surface area contributed by atoms with E-state index in [0.29, 0.717) is 31.7 Å². The Hall–Kier alpha value is -1.80. The summed E-state index contributed by atoms with van der Waals surface area (Å²) in [7, 11) is 0. The van der Waals surface area contributed by atoms with E-state index < -0.39 is 6.04 Å². The molecule has 104 valence electrons. The highest BCUT2D eigenvalue weighted by atomic mass is 16.3. The highest BCUT2D eigenvalue weighted by Gasteiger charge is 2.21. The zero-order valence-corrected chi connectivity index (χ0v) is 11.3. The van der Waals surface area contributed by atoms with E-state index >= 15 is 0 Å². The van der Waals surface area contributed by atoms with Gasteiger partial charge in [0, 0.05) is 6.54 Å². The van der Waals surface area contributed by atoms with Crippen LogP contribution in [-0.4, -0.2) is 23.4 Å². The van der Waals surface area contributed by atoms with Gasteiger partial charge in [-0.05, 0) is 18.6 Å². The Labute approximate surface area is 114 Å². The molecule has 5 nitrogen and oxygen atoms in total. The van der Waals surface area contributed by atoms with Crippen LogP contribution < -0.4 is 5.73 Å². The van der Waals surface area contributed by atoms with E-state index in [1.54, 1.807) is 17.2 Å². The maximum atomic E-state index is 12.2. The minimum absolute atomic E-state index is 0.111. The number of furan rings is 1. The summed E-state index contributed by atoms with van der Waals surface area (Å²) in [4.78, 5) is 13.8. The molecule has 0 aliphatic rings. The van der Waals surface area contributed by atoms with Crippen LogP contribution in [0.4, 0.5) is 0 Å². The Morgan fingerprint density at radius 1 is 1.63 bits per heavy atom. The van der Waals surface area contributed by atoms with E-state index in [0.717, 1.165) is 12.8 Å². The second kappa shape index (κ2) is 8.33. The second-order valence-electron chi connectivity index (χ2n) is 4.50. The van der Waals surface area contributed by atoms with Gasteiger partial charge in [-0.15, -0.1) is 0 Å². The van der Waals surface area contributed by atoms with Gasteiger partial charge in [-0.3, -0.25) is 4.79 Å². The molecule has 0 saturated carbocycles. The van der Waals surface area contributed by atoms with Crippen LogP contribution in [0.5, 0.6) is 0 Å². The molecule has 0 bridgehead atoms. The van der Waals surface area contributed by atoms with E-state index in [9.17, 15) is 4.79 Å². The number of carbonyl (C=O) groups excluding carboxylic acids is 1. The summed E-state index contributed by atoms with van der Waals surface area (Å²) in [5.74, 6) is 0.592. The molecular formula is C14H21N3O2. The fourth-order valence-corrected chi connectivity index (χ4v) is 1.82.